The van der Waals surface area contributed by atoms with Gasteiger partial charge in [0.05, 0.1) is 12.2 Å². The van der Waals surface area contributed by atoms with Crippen molar-refractivity contribution in [2.75, 3.05) is 0 Å². The molecule has 0 aromatic carbocycles. The summed E-state index contributed by atoms with van der Waals surface area (Å²) >= 11 is 0. The summed E-state index contributed by atoms with van der Waals surface area (Å²) in [6.45, 7) is 9.30. The maximum atomic E-state index is 6.78. The topological polar surface area (TPSA) is 9.23 Å². The fourth-order valence-electron chi connectivity index (χ4n) is 7.32. The highest BCUT2D eigenvalue weighted by molar-refractivity contribution is 4.65. The highest BCUT2D eigenvalue weighted by atomic mass is 16.5. The van der Waals surface area contributed by atoms with E-state index in [0.717, 1.165) is 0 Å². The van der Waals surface area contributed by atoms with Gasteiger partial charge in [-0.3, -0.25) is 0 Å². The third-order valence-electron chi connectivity index (χ3n) is 10.4. The molecule has 0 aliphatic heterocycles. The maximum Gasteiger partial charge on any atom is 0.0578 e. The van der Waals surface area contributed by atoms with Crippen LogP contribution in [0.5, 0.6) is 0 Å². The molecule has 272 valence electrons. The summed E-state index contributed by atoms with van der Waals surface area (Å²) in [4.78, 5) is 0. The van der Waals surface area contributed by atoms with Crippen LogP contribution in [0.25, 0.3) is 0 Å². The quantitative estimate of drug-likeness (QED) is 0.0609. The van der Waals surface area contributed by atoms with Crippen LogP contribution < -0.4 is 0 Å². The minimum absolute atomic E-state index is 0.513. The average Bonchev–Trinajstić information content (AvgIpc) is 3.04. The van der Waals surface area contributed by atoms with Gasteiger partial charge in [0, 0.05) is 0 Å². The summed E-state index contributed by atoms with van der Waals surface area (Å²) in [5.74, 6) is 0. The van der Waals surface area contributed by atoms with Gasteiger partial charge in [0.15, 0.2) is 0 Å². The lowest BCUT2D eigenvalue weighted by Gasteiger charge is -2.25. The molecule has 1 nitrogen and oxygen atoms in total. The van der Waals surface area contributed by atoms with Crippen molar-refractivity contribution in [1.82, 2.24) is 0 Å². The summed E-state index contributed by atoms with van der Waals surface area (Å²) in [6, 6.07) is 0. The Morgan fingerprint density at radius 1 is 0.222 bits per heavy atom. The largest absolute Gasteiger partial charge is 0.375 e. The van der Waals surface area contributed by atoms with Gasteiger partial charge < -0.3 is 4.74 Å². The van der Waals surface area contributed by atoms with Crippen molar-refractivity contribution in [3.63, 3.8) is 0 Å². The zero-order chi connectivity index (χ0) is 32.7. The molecule has 45 heavy (non-hydrogen) atoms. The van der Waals surface area contributed by atoms with Crippen molar-refractivity contribution in [3.05, 3.63) is 0 Å². The summed E-state index contributed by atoms with van der Waals surface area (Å²) in [7, 11) is 0. The van der Waals surface area contributed by atoms with Crippen LogP contribution in [0.1, 0.15) is 272 Å². The molecule has 0 aliphatic rings. The van der Waals surface area contributed by atoms with E-state index in [4.69, 9.17) is 4.74 Å². The van der Waals surface area contributed by atoms with Gasteiger partial charge in [-0.2, -0.15) is 0 Å². The molecule has 0 fully saturated rings. The van der Waals surface area contributed by atoms with Crippen molar-refractivity contribution in [3.8, 4) is 0 Å². The van der Waals surface area contributed by atoms with Crippen LogP contribution in [-0.4, -0.2) is 12.2 Å². The van der Waals surface area contributed by atoms with Crippen molar-refractivity contribution < 1.29 is 4.74 Å². The third kappa shape index (κ3) is 36.6. The van der Waals surface area contributed by atoms with Crippen molar-refractivity contribution >= 4 is 0 Å². The van der Waals surface area contributed by atoms with Gasteiger partial charge in [0.25, 0.3) is 0 Å². The molecule has 0 amide bonds. The zero-order valence-corrected chi connectivity index (χ0v) is 32.4. The molecule has 0 aromatic heterocycles. The van der Waals surface area contributed by atoms with Crippen LogP contribution in [0.2, 0.25) is 0 Å². The second-order valence-corrected chi connectivity index (χ2v) is 15.1. The Hall–Kier alpha value is -0.0400. The van der Waals surface area contributed by atoms with Gasteiger partial charge in [-0.15, -0.1) is 0 Å². The van der Waals surface area contributed by atoms with Gasteiger partial charge in [0.1, 0.15) is 0 Å². The van der Waals surface area contributed by atoms with Crippen molar-refractivity contribution in [2.45, 2.75) is 284 Å². The van der Waals surface area contributed by atoms with E-state index >= 15 is 0 Å². The molecular formula is C44H90O. The van der Waals surface area contributed by atoms with Crippen LogP contribution >= 0.6 is 0 Å². The fourth-order valence-corrected chi connectivity index (χ4v) is 7.32. The maximum absolute atomic E-state index is 6.78. The molecular weight excluding hydrogens is 544 g/mol. The lowest BCUT2D eigenvalue weighted by molar-refractivity contribution is -0.0308. The first kappa shape index (κ1) is 45.0. The smallest absolute Gasteiger partial charge is 0.0578 e. The normalized spacial score (nSPS) is 13.1. The number of hydrogen-bond donors (Lipinski definition) is 0. The minimum atomic E-state index is 0.513. The lowest BCUT2D eigenvalue weighted by atomic mass is 10.0. The Bertz CT molecular complexity index is 457. The van der Waals surface area contributed by atoms with E-state index < -0.39 is 0 Å². The molecule has 0 bridgehead atoms. The highest BCUT2D eigenvalue weighted by Crippen LogP contribution is 2.22. The second kappa shape index (κ2) is 40.1. The van der Waals surface area contributed by atoms with E-state index in [-0.39, 0.29) is 0 Å². The Morgan fingerprint density at radius 2 is 0.422 bits per heavy atom. The fraction of sp³-hybridized carbons (Fsp3) is 1.00. The number of ether oxygens (including phenoxy) is 1. The van der Waals surface area contributed by atoms with Crippen molar-refractivity contribution in [2.24, 2.45) is 0 Å². The molecule has 0 N–H and O–H groups in total. The van der Waals surface area contributed by atoms with Gasteiger partial charge in [0.2, 0.25) is 0 Å². The molecule has 2 unspecified atom stereocenters. The lowest BCUT2D eigenvalue weighted by Crippen LogP contribution is -2.22. The standard InChI is InChI=1S/C44H90O/c1-5-9-11-13-15-17-19-21-23-25-27-29-31-33-35-37-41-43(39-7-3)45-44(40-8-4)42-38-36-34-32-30-28-26-24-22-20-18-16-14-12-10-6-2/h43-44H,5-42H2,1-4H3. The third-order valence-corrected chi connectivity index (χ3v) is 10.4. The predicted octanol–water partition coefficient (Wildman–Crippen LogP) is 16.6. The molecule has 0 aromatic rings. The van der Waals surface area contributed by atoms with Gasteiger partial charge >= 0.3 is 0 Å². The summed E-state index contributed by atoms with van der Waals surface area (Å²) in [6.07, 6.45) is 55.1. The molecule has 0 heterocycles. The molecule has 0 saturated carbocycles. The minimum Gasteiger partial charge on any atom is -0.375 e. The van der Waals surface area contributed by atoms with Gasteiger partial charge in [-0.05, 0) is 25.7 Å². The Balaban J connectivity index is 3.69. The summed E-state index contributed by atoms with van der Waals surface area (Å²) < 4.78 is 6.78. The first-order chi connectivity index (χ1) is 22.3. The molecule has 0 radical (unpaired) electrons. The first-order valence-electron chi connectivity index (χ1n) is 21.9. The summed E-state index contributed by atoms with van der Waals surface area (Å²) in [5.41, 5.74) is 0. The van der Waals surface area contributed by atoms with E-state index in [1.54, 1.807) is 0 Å². The van der Waals surface area contributed by atoms with E-state index in [1.807, 2.05) is 0 Å². The predicted molar refractivity (Wildman–Crippen MR) is 207 cm³/mol. The van der Waals surface area contributed by atoms with E-state index in [2.05, 4.69) is 27.7 Å². The monoisotopic (exact) mass is 635 g/mol. The first-order valence-corrected chi connectivity index (χ1v) is 21.9. The Labute approximate surface area is 288 Å². The van der Waals surface area contributed by atoms with Crippen LogP contribution in [0.4, 0.5) is 0 Å². The number of unbranched alkanes of at least 4 members (excludes halogenated alkanes) is 30. The van der Waals surface area contributed by atoms with E-state index in [0.29, 0.717) is 12.2 Å². The highest BCUT2D eigenvalue weighted by Gasteiger charge is 2.15. The average molecular weight is 635 g/mol. The molecule has 2 atom stereocenters. The van der Waals surface area contributed by atoms with Crippen LogP contribution in [0.3, 0.4) is 0 Å². The van der Waals surface area contributed by atoms with Crippen LogP contribution in [-0.2, 0) is 4.74 Å². The zero-order valence-electron chi connectivity index (χ0n) is 32.4. The second-order valence-electron chi connectivity index (χ2n) is 15.1. The Morgan fingerprint density at radius 3 is 0.622 bits per heavy atom. The van der Waals surface area contributed by atoms with Gasteiger partial charge in [-0.1, -0.05) is 246 Å². The van der Waals surface area contributed by atoms with Crippen molar-refractivity contribution in [1.29, 1.82) is 0 Å². The molecule has 1 heteroatoms. The van der Waals surface area contributed by atoms with Crippen LogP contribution in [0, 0.1) is 0 Å². The molecule has 0 spiro atoms. The van der Waals surface area contributed by atoms with Gasteiger partial charge in [-0.25, -0.2) is 0 Å². The molecule has 0 saturated heterocycles. The van der Waals surface area contributed by atoms with E-state index in [1.165, 1.54) is 244 Å². The van der Waals surface area contributed by atoms with Crippen LogP contribution in [0.15, 0.2) is 0 Å². The Kier molecular flexibility index (Phi) is 40.1. The molecule has 0 rings (SSSR count). The molecule has 0 aliphatic carbocycles. The SMILES string of the molecule is CCCCCCCCCCCCCCCCCCC(CCC)OC(CCC)CCCCCCCCCCCCCCCCCC. The number of hydrogen-bond acceptors (Lipinski definition) is 1. The summed E-state index contributed by atoms with van der Waals surface area (Å²) in [5, 5.41) is 0. The number of rotatable bonds is 40. The van der Waals surface area contributed by atoms with E-state index in [9.17, 15) is 0 Å².